The van der Waals surface area contributed by atoms with E-state index in [2.05, 4.69) is 25.8 Å². The quantitative estimate of drug-likeness (QED) is 0.530. The van der Waals surface area contributed by atoms with Gasteiger partial charge in [0.25, 0.3) is 0 Å². The monoisotopic (exact) mass is 143 g/mol. The van der Waals surface area contributed by atoms with Crippen molar-refractivity contribution in [1.29, 1.82) is 0 Å². The molecule has 1 aromatic rings. The molecule has 0 fully saturated rings. The minimum absolute atomic E-state index is 0.948. The molecule has 0 heteroatoms. The van der Waals surface area contributed by atoms with Gasteiger partial charge in [-0.2, -0.15) is 0 Å². The second-order valence-electron chi connectivity index (χ2n) is 2.73. The summed E-state index contributed by atoms with van der Waals surface area (Å²) in [6.45, 7) is 4.16. The van der Waals surface area contributed by atoms with Gasteiger partial charge in [0, 0.05) is 5.56 Å². The maximum atomic E-state index is 5.26. The first-order valence-electron chi connectivity index (χ1n) is 3.61. The third-order valence-corrected chi connectivity index (χ3v) is 1.61. The Morgan fingerprint density at radius 2 is 2.09 bits per heavy atom. The van der Waals surface area contributed by atoms with Gasteiger partial charge in [0.2, 0.25) is 0 Å². The van der Waals surface area contributed by atoms with Crippen LogP contribution in [0.25, 0.3) is 0 Å². The van der Waals surface area contributed by atoms with Crippen LogP contribution >= 0.6 is 0 Å². The summed E-state index contributed by atoms with van der Waals surface area (Å²) in [5.41, 5.74) is 2.17. The third kappa shape index (κ3) is 1.85. The van der Waals surface area contributed by atoms with Gasteiger partial charge in [-0.05, 0) is 23.6 Å². The summed E-state index contributed by atoms with van der Waals surface area (Å²) in [4.78, 5) is 0. The molecule has 0 aliphatic rings. The van der Waals surface area contributed by atoms with Crippen molar-refractivity contribution in [2.24, 2.45) is 0 Å². The van der Waals surface area contributed by atoms with Crippen molar-refractivity contribution in [3.63, 3.8) is 0 Å². The van der Waals surface area contributed by atoms with Gasteiger partial charge in [0.1, 0.15) is 0 Å². The zero-order valence-corrected chi connectivity index (χ0v) is 6.89. The van der Waals surface area contributed by atoms with Gasteiger partial charge in [-0.3, -0.25) is 0 Å². The second kappa shape index (κ2) is 3.25. The Labute approximate surface area is 68.3 Å². The van der Waals surface area contributed by atoms with E-state index in [9.17, 15) is 0 Å². The molecule has 1 aromatic carbocycles. The molecule has 0 amide bonds. The molecule has 55 valence electrons. The van der Waals surface area contributed by atoms with Crippen LogP contribution in [0.3, 0.4) is 0 Å². The lowest BCUT2D eigenvalue weighted by molar-refractivity contribution is 1.15. The molecule has 0 aromatic heterocycles. The molecular weight excluding hydrogens is 132 g/mol. The molecule has 0 atom stereocenters. The standard InChI is InChI=1S/C11H11/c1-4-10-6-5-7-11(8-10)9(2)3/h1,5-8H,2-3H3. The number of rotatable bonds is 1. The first-order chi connectivity index (χ1) is 5.24. The maximum absolute atomic E-state index is 5.26. The Hall–Kier alpha value is -1.22. The van der Waals surface area contributed by atoms with E-state index >= 15 is 0 Å². The Morgan fingerprint density at radius 1 is 1.36 bits per heavy atom. The van der Waals surface area contributed by atoms with Gasteiger partial charge in [0.05, 0.1) is 0 Å². The van der Waals surface area contributed by atoms with Crippen molar-refractivity contribution in [2.75, 3.05) is 0 Å². The maximum Gasteiger partial charge on any atom is 0.0245 e. The van der Waals surface area contributed by atoms with Gasteiger partial charge in [-0.15, -0.1) is 6.42 Å². The average molecular weight is 143 g/mol. The molecule has 0 unspecified atom stereocenters. The van der Waals surface area contributed by atoms with E-state index in [4.69, 9.17) is 6.42 Å². The van der Waals surface area contributed by atoms with Gasteiger partial charge >= 0.3 is 0 Å². The molecule has 0 bridgehead atoms. The fraction of sp³-hybridized carbons (Fsp3) is 0.182. The Balaban J connectivity index is 3.03. The smallest absolute Gasteiger partial charge is 0.0245 e. The van der Waals surface area contributed by atoms with E-state index in [1.54, 1.807) is 0 Å². The predicted octanol–water partition coefficient (Wildman–Crippen LogP) is 2.63. The fourth-order valence-corrected chi connectivity index (χ4v) is 0.920. The molecule has 0 aliphatic heterocycles. The van der Waals surface area contributed by atoms with Crippen LogP contribution in [0.2, 0.25) is 0 Å². The molecule has 0 N–H and O–H groups in total. The van der Waals surface area contributed by atoms with Crippen molar-refractivity contribution in [3.8, 4) is 12.3 Å². The van der Waals surface area contributed by atoms with Crippen LogP contribution in [-0.4, -0.2) is 0 Å². The van der Waals surface area contributed by atoms with E-state index < -0.39 is 0 Å². The van der Waals surface area contributed by atoms with Crippen LogP contribution in [0.15, 0.2) is 24.3 Å². The molecule has 0 saturated heterocycles. The van der Waals surface area contributed by atoms with Crippen LogP contribution in [0.1, 0.15) is 25.0 Å². The van der Waals surface area contributed by atoms with Crippen molar-refractivity contribution < 1.29 is 0 Å². The van der Waals surface area contributed by atoms with Crippen LogP contribution in [-0.2, 0) is 0 Å². The topological polar surface area (TPSA) is 0 Å². The van der Waals surface area contributed by atoms with Gasteiger partial charge < -0.3 is 0 Å². The Morgan fingerprint density at radius 3 is 2.64 bits per heavy atom. The van der Waals surface area contributed by atoms with Crippen molar-refractivity contribution in [2.45, 2.75) is 13.8 Å². The number of hydrogen-bond donors (Lipinski definition) is 0. The molecule has 0 nitrogen and oxygen atoms in total. The molecule has 0 aliphatic carbocycles. The van der Waals surface area contributed by atoms with Gasteiger partial charge in [-0.1, -0.05) is 31.9 Å². The largest absolute Gasteiger partial charge is 0.115 e. The minimum Gasteiger partial charge on any atom is -0.115 e. The van der Waals surface area contributed by atoms with Crippen molar-refractivity contribution >= 4 is 0 Å². The minimum atomic E-state index is 0.948. The third-order valence-electron chi connectivity index (χ3n) is 1.61. The molecule has 1 rings (SSSR count). The lowest BCUT2D eigenvalue weighted by atomic mass is 10.0. The second-order valence-corrected chi connectivity index (χ2v) is 2.73. The van der Waals surface area contributed by atoms with E-state index in [1.165, 1.54) is 11.5 Å². The Kier molecular flexibility index (Phi) is 2.33. The highest BCUT2D eigenvalue weighted by atomic mass is 14.0. The van der Waals surface area contributed by atoms with Gasteiger partial charge in [0.15, 0.2) is 0 Å². The van der Waals surface area contributed by atoms with Crippen molar-refractivity contribution in [1.82, 2.24) is 0 Å². The summed E-state index contributed by atoms with van der Waals surface area (Å²) in [6.07, 6.45) is 5.26. The highest BCUT2D eigenvalue weighted by Gasteiger charge is 1.97. The number of terminal acetylenes is 1. The lowest BCUT2D eigenvalue weighted by Gasteiger charge is -2.03. The fourth-order valence-electron chi connectivity index (χ4n) is 0.920. The van der Waals surface area contributed by atoms with Crippen LogP contribution in [0.5, 0.6) is 0 Å². The normalized spacial score (nSPS) is 9.64. The summed E-state index contributed by atoms with van der Waals surface area (Å²) in [5, 5.41) is 0. The zero-order chi connectivity index (χ0) is 8.27. The van der Waals surface area contributed by atoms with Crippen molar-refractivity contribution in [3.05, 3.63) is 41.3 Å². The summed E-state index contributed by atoms with van der Waals surface area (Å²) >= 11 is 0. The van der Waals surface area contributed by atoms with E-state index in [1.807, 2.05) is 18.2 Å². The molecule has 0 heterocycles. The summed E-state index contributed by atoms with van der Waals surface area (Å²) in [7, 11) is 0. The number of hydrogen-bond acceptors (Lipinski definition) is 0. The van der Waals surface area contributed by atoms with Crippen LogP contribution < -0.4 is 0 Å². The highest BCUT2D eigenvalue weighted by Crippen LogP contribution is 2.13. The first-order valence-corrected chi connectivity index (χ1v) is 3.61. The molecule has 1 radical (unpaired) electrons. The predicted molar refractivity (Wildman–Crippen MR) is 48.1 cm³/mol. The summed E-state index contributed by atoms with van der Waals surface area (Å²) in [5.74, 6) is 3.90. The highest BCUT2D eigenvalue weighted by molar-refractivity contribution is 5.39. The SMILES string of the molecule is C#Cc1cccc([C](C)C)c1. The molecule has 0 spiro atoms. The molecule has 0 saturated carbocycles. The Bertz CT molecular complexity index is 276. The van der Waals surface area contributed by atoms with Crippen LogP contribution in [0, 0.1) is 18.3 Å². The van der Waals surface area contributed by atoms with E-state index in [0.29, 0.717) is 0 Å². The van der Waals surface area contributed by atoms with E-state index in [-0.39, 0.29) is 0 Å². The average Bonchev–Trinajstić information content (AvgIpc) is 2.05. The molecular formula is C11H11. The summed E-state index contributed by atoms with van der Waals surface area (Å²) < 4.78 is 0. The van der Waals surface area contributed by atoms with Crippen LogP contribution in [0.4, 0.5) is 0 Å². The number of benzene rings is 1. The van der Waals surface area contributed by atoms with Gasteiger partial charge in [-0.25, -0.2) is 0 Å². The zero-order valence-electron chi connectivity index (χ0n) is 6.89. The molecule has 11 heavy (non-hydrogen) atoms. The summed E-state index contributed by atoms with van der Waals surface area (Å²) in [6, 6.07) is 8.01. The lowest BCUT2D eigenvalue weighted by Crippen LogP contribution is -1.87. The van der Waals surface area contributed by atoms with E-state index in [0.717, 1.165) is 5.56 Å². The first kappa shape index (κ1) is 7.88.